The quantitative estimate of drug-likeness (QED) is 0.0478. The maximum absolute atomic E-state index is 13.2. The van der Waals surface area contributed by atoms with E-state index in [9.17, 15) is 39.0 Å². The van der Waals surface area contributed by atoms with Crippen molar-refractivity contribution in [3.63, 3.8) is 0 Å². The van der Waals surface area contributed by atoms with Gasteiger partial charge in [0, 0.05) is 11.5 Å². The van der Waals surface area contributed by atoms with Crippen LogP contribution in [0.4, 0.5) is 9.59 Å². The zero-order valence-corrected chi connectivity index (χ0v) is 31.7. The molecule has 0 aromatic heterocycles. The molecule has 2 rings (SSSR count). The number of carbonyl (C=O) groups is 6. The number of carbonyl (C=O) groups excluding carboxylic acids is 4. The Balaban J connectivity index is 2.01. The van der Waals surface area contributed by atoms with Gasteiger partial charge in [-0.05, 0) is 75.6 Å². The molecule has 0 radical (unpaired) electrons. The van der Waals surface area contributed by atoms with E-state index in [1.807, 2.05) is 12.1 Å². The highest BCUT2D eigenvalue weighted by Crippen LogP contribution is 2.24. The number of ether oxygens (including phenoxy) is 2. The van der Waals surface area contributed by atoms with E-state index in [1.54, 1.807) is 48.5 Å². The van der Waals surface area contributed by atoms with Crippen molar-refractivity contribution in [1.29, 1.82) is 0 Å². The molecule has 10 N–H and O–H groups in total. The van der Waals surface area contributed by atoms with Crippen LogP contribution in [-0.4, -0.2) is 94.9 Å². The summed E-state index contributed by atoms with van der Waals surface area (Å²) in [6.07, 6.45) is 0.984. The maximum atomic E-state index is 13.2. The van der Waals surface area contributed by atoms with Crippen molar-refractivity contribution in [2.75, 3.05) is 24.6 Å². The molecule has 2 aromatic rings. The molecule has 0 spiro atoms. The zero-order valence-electron chi connectivity index (χ0n) is 30.1. The van der Waals surface area contributed by atoms with Crippen LogP contribution in [0.15, 0.2) is 60.7 Å². The number of nitrogens with one attached hydrogen (secondary N) is 4. The van der Waals surface area contributed by atoms with Crippen molar-refractivity contribution in [3.8, 4) is 0 Å². The van der Waals surface area contributed by atoms with Crippen molar-refractivity contribution >= 4 is 57.5 Å². The summed E-state index contributed by atoms with van der Waals surface area (Å²) in [5.41, 5.74) is 12.5. The minimum atomic E-state index is -1.21. The van der Waals surface area contributed by atoms with Gasteiger partial charge in [0.15, 0.2) is 0 Å². The van der Waals surface area contributed by atoms with Gasteiger partial charge in [0.25, 0.3) is 0 Å². The molecule has 0 saturated carbocycles. The second-order valence-corrected chi connectivity index (χ2v) is 14.8. The summed E-state index contributed by atoms with van der Waals surface area (Å²) in [5.74, 6) is -3.16. The van der Waals surface area contributed by atoms with Crippen LogP contribution in [0, 0.1) is 0 Å². The number of hydrogen-bond acceptors (Lipinski definition) is 12. The molecule has 54 heavy (non-hydrogen) atoms. The van der Waals surface area contributed by atoms with Crippen LogP contribution >= 0.6 is 21.6 Å². The first-order valence-corrected chi connectivity index (χ1v) is 20.2. The average molecular weight is 793 g/mol. The van der Waals surface area contributed by atoms with Crippen LogP contribution in [0.5, 0.6) is 0 Å². The Hall–Kier alpha value is -4.52. The highest BCUT2D eigenvalue weighted by molar-refractivity contribution is 8.76. The molecule has 18 heteroatoms. The molecule has 0 heterocycles. The third-order valence-corrected chi connectivity index (χ3v) is 10.3. The van der Waals surface area contributed by atoms with Gasteiger partial charge in [-0.1, -0.05) is 82.3 Å². The van der Waals surface area contributed by atoms with Crippen LogP contribution < -0.4 is 32.7 Å². The van der Waals surface area contributed by atoms with E-state index < -0.39 is 60.1 Å². The Kier molecular flexibility index (Phi) is 22.9. The molecular formula is C36H52N6O10S2. The van der Waals surface area contributed by atoms with Gasteiger partial charge in [0.05, 0.1) is 0 Å². The van der Waals surface area contributed by atoms with Crippen molar-refractivity contribution in [3.05, 3.63) is 71.8 Å². The van der Waals surface area contributed by atoms with E-state index in [4.69, 9.17) is 20.9 Å². The largest absolute Gasteiger partial charge is 0.480 e. The SMILES string of the molecule is NCCCC[C@H](NC(=O)[C@H](CCSSCC[C@H](NC(=O)OCc1ccccc1)C(=O)N[C@@H](CCCCN)C(=O)O)NC(=O)OCc1ccccc1)C(=O)O. The minimum Gasteiger partial charge on any atom is -0.480 e. The fraction of sp³-hybridized carbons (Fsp3) is 0.500. The predicted octanol–water partition coefficient (Wildman–Crippen LogP) is 3.13. The fourth-order valence-corrected chi connectivity index (χ4v) is 7.03. The summed E-state index contributed by atoms with van der Waals surface area (Å²) < 4.78 is 10.6. The van der Waals surface area contributed by atoms with Crippen LogP contribution in [0.1, 0.15) is 62.5 Å². The number of rotatable bonds is 27. The topological polar surface area (TPSA) is 262 Å². The van der Waals surface area contributed by atoms with Crippen molar-refractivity contribution in [2.45, 2.75) is 88.7 Å². The van der Waals surface area contributed by atoms with Crippen LogP contribution in [0.2, 0.25) is 0 Å². The molecular weight excluding hydrogens is 741 g/mol. The predicted molar refractivity (Wildman–Crippen MR) is 206 cm³/mol. The monoisotopic (exact) mass is 792 g/mol. The number of unbranched alkanes of at least 4 members (excludes halogenated alkanes) is 2. The summed E-state index contributed by atoms with van der Waals surface area (Å²) in [5, 5.41) is 29.4. The number of hydrogen-bond donors (Lipinski definition) is 8. The second-order valence-electron chi connectivity index (χ2n) is 12.1. The minimum absolute atomic E-state index is 0.0358. The molecule has 16 nitrogen and oxygen atoms in total. The first kappa shape index (κ1) is 45.6. The third kappa shape index (κ3) is 19.5. The van der Waals surface area contributed by atoms with Gasteiger partial charge in [-0.25, -0.2) is 19.2 Å². The Bertz CT molecular complexity index is 1340. The van der Waals surface area contributed by atoms with Crippen molar-refractivity contribution in [2.24, 2.45) is 11.5 Å². The molecule has 298 valence electrons. The standard InChI is InChI=1S/C36H52N6O10S2/c37-19-9-7-15-29(33(45)46)39-31(43)27(41-35(49)51-23-25-11-3-1-4-12-25)17-21-53-54-22-18-28(32(44)40-30(34(47)48)16-8-10-20-38)42-36(50)52-24-26-13-5-2-6-14-26/h1-6,11-14,27-30H,7-10,15-24,37-38H2,(H,39,43)(H,40,44)(H,41,49)(H,42,50)(H,45,46)(H,47,48)/t27-,28-,29-,30-/m0/s1. The van der Waals surface area contributed by atoms with E-state index in [0.717, 1.165) is 11.1 Å². The summed E-state index contributed by atoms with van der Waals surface area (Å²) >= 11 is 0. The van der Waals surface area contributed by atoms with E-state index in [1.165, 1.54) is 21.6 Å². The number of alkyl carbamates (subject to hydrolysis) is 2. The molecule has 2 aromatic carbocycles. The van der Waals surface area contributed by atoms with Gasteiger partial charge in [0.1, 0.15) is 37.4 Å². The average Bonchev–Trinajstić information content (AvgIpc) is 3.16. The summed E-state index contributed by atoms with van der Waals surface area (Å²) in [7, 11) is 2.65. The van der Waals surface area contributed by atoms with E-state index in [0.29, 0.717) is 50.3 Å². The Morgan fingerprint density at radius 1 is 0.537 bits per heavy atom. The Morgan fingerprint density at radius 2 is 0.907 bits per heavy atom. The zero-order chi connectivity index (χ0) is 39.6. The summed E-state index contributed by atoms with van der Waals surface area (Å²) in [6, 6.07) is 13.3. The first-order chi connectivity index (χ1) is 26.0. The van der Waals surface area contributed by atoms with Crippen LogP contribution in [0.3, 0.4) is 0 Å². The molecule has 0 aliphatic heterocycles. The van der Waals surface area contributed by atoms with Gasteiger partial charge in [0.2, 0.25) is 11.8 Å². The van der Waals surface area contributed by atoms with Gasteiger partial charge >= 0.3 is 24.1 Å². The van der Waals surface area contributed by atoms with Gasteiger partial charge < -0.3 is 52.4 Å². The number of nitrogens with two attached hydrogens (primary N) is 2. The number of carboxylic acid groups (broad SMARTS) is 2. The number of aliphatic carboxylic acids is 2. The lowest BCUT2D eigenvalue weighted by Crippen LogP contribution is -2.52. The molecule has 0 unspecified atom stereocenters. The number of benzene rings is 2. The molecule has 0 saturated heterocycles. The van der Waals surface area contributed by atoms with E-state index >= 15 is 0 Å². The molecule has 0 aliphatic carbocycles. The Labute approximate surface area is 323 Å². The van der Waals surface area contributed by atoms with E-state index in [-0.39, 0.29) is 38.9 Å². The smallest absolute Gasteiger partial charge is 0.408 e. The van der Waals surface area contributed by atoms with Crippen molar-refractivity contribution in [1.82, 2.24) is 21.3 Å². The first-order valence-electron chi connectivity index (χ1n) is 17.7. The molecule has 4 amide bonds. The van der Waals surface area contributed by atoms with Gasteiger partial charge in [-0.3, -0.25) is 9.59 Å². The van der Waals surface area contributed by atoms with Gasteiger partial charge in [-0.15, -0.1) is 0 Å². The highest BCUT2D eigenvalue weighted by Gasteiger charge is 2.28. The lowest BCUT2D eigenvalue weighted by Gasteiger charge is -2.22. The lowest BCUT2D eigenvalue weighted by atomic mass is 10.1. The molecule has 4 atom stereocenters. The number of carboxylic acids is 2. The second kappa shape index (κ2) is 27.1. The molecule has 0 bridgehead atoms. The summed E-state index contributed by atoms with van der Waals surface area (Å²) in [4.78, 5) is 75.4. The Morgan fingerprint density at radius 3 is 1.24 bits per heavy atom. The van der Waals surface area contributed by atoms with E-state index in [2.05, 4.69) is 21.3 Å². The highest BCUT2D eigenvalue weighted by atomic mass is 33.1. The maximum Gasteiger partial charge on any atom is 0.408 e. The van der Waals surface area contributed by atoms with Crippen molar-refractivity contribution < 1.29 is 48.5 Å². The lowest BCUT2D eigenvalue weighted by molar-refractivity contribution is -0.142. The van der Waals surface area contributed by atoms with Crippen LogP contribution in [-0.2, 0) is 41.9 Å². The third-order valence-electron chi connectivity index (χ3n) is 7.83. The fourth-order valence-electron chi connectivity index (χ4n) is 4.85. The van der Waals surface area contributed by atoms with Gasteiger partial charge in [-0.2, -0.15) is 0 Å². The summed E-state index contributed by atoms with van der Waals surface area (Å²) in [6.45, 7) is 0.687. The molecule has 0 aliphatic rings. The van der Waals surface area contributed by atoms with Crippen LogP contribution in [0.25, 0.3) is 0 Å². The normalized spacial score (nSPS) is 13.0. The molecule has 0 fully saturated rings. The number of amides is 4.